The Kier molecular flexibility index (Phi) is 4.45. The van der Waals surface area contributed by atoms with E-state index in [9.17, 15) is 4.79 Å². The molecule has 7 heteroatoms. The molecule has 1 atom stereocenters. The smallest absolute Gasteiger partial charge is 0.410 e. The van der Waals surface area contributed by atoms with E-state index >= 15 is 0 Å². The van der Waals surface area contributed by atoms with Crippen molar-refractivity contribution in [1.29, 1.82) is 0 Å². The molecule has 1 spiro atoms. The monoisotopic (exact) mass is 432 g/mol. The Morgan fingerprint density at radius 3 is 2.37 bits per heavy atom. The number of benzene rings is 1. The van der Waals surface area contributed by atoms with Crippen LogP contribution in [0.5, 0.6) is 0 Å². The zero-order chi connectivity index (χ0) is 19.2. The number of imidazole rings is 1. The van der Waals surface area contributed by atoms with Gasteiger partial charge in [0.05, 0.1) is 5.54 Å². The summed E-state index contributed by atoms with van der Waals surface area (Å²) in [5, 5.41) is 0. The third-order valence-corrected chi connectivity index (χ3v) is 5.78. The number of rotatable bonds is 2. The standard InChI is InChI=1S/C20H25BrN4O2/c1-19(2,3)27-18(26)23-10-8-20(13-23)9-11-25(20)16-6-4-15(5-7-16)24-12-17(21)22-14-24/h4-7,12,14H,8-11,13H2,1-3H3. The highest BCUT2D eigenvalue weighted by molar-refractivity contribution is 9.10. The van der Waals surface area contributed by atoms with Crippen LogP contribution in [0.2, 0.25) is 0 Å². The molecule has 2 saturated heterocycles. The topological polar surface area (TPSA) is 50.6 Å². The van der Waals surface area contributed by atoms with Gasteiger partial charge in [-0.1, -0.05) is 0 Å². The largest absolute Gasteiger partial charge is 0.444 e. The van der Waals surface area contributed by atoms with Crippen molar-refractivity contribution in [1.82, 2.24) is 14.5 Å². The number of aromatic nitrogens is 2. The molecule has 1 aromatic heterocycles. The quantitative estimate of drug-likeness (QED) is 0.712. The number of likely N-dealkylation sites (tertiary alicyclic amines) is 1. The van der Waals surface area contributed by atoms with Crippen LogP contribution in [0.4, 0.5) is 10.5 Å². The van der Waals surface area contributed by atoms with Crippen LogP contribution in [0.15, 0.2) is 41.4 Å². The first kappa shape index (κ1) is 18.3. The van der Waals surface area contributed by atoms with E-state index in [1.165, 1.54) is 5.69 Å². The van der Waals surface area contributed by atoms with Crippen molar-refractivity contribution < 1.29 is 9.53 Å². The van der Waals surface area contributed by atoms with Crippen LogP contribution < -0.4 is 4.90 Å². The number of anilines is 1. The molecular weight excluding hydrogens is 408 g/mol. The van der Waals surface area contributed by atoms with Gasteiger partial charge in [-0.25, -0.2) is 9.78 Å². The fourth-order valence-corrected chi connectivity index (χ4v) is 4.26. The summed E-state index contributed by atoms with van der Waals surface area (Å²) < 4.78 is 8.35. The van der Waals surface area contributed by atoms with Gasteiger partial charge in [0.2, 0.25) is 0 Å². The SMILES string of the molecule is CC(C)(C)OC(=O)N1CCC2(CCN2c2ccc(-n3cnc(Br)c3)cc2)C1. The van der Waals surface area contributed by atoms with Gasteiger partial charge in [0.1, 0.15) is 16.5 Å². The van der Waals surface area contributed by atoms with Crippen molar-refractivity contribution in [2.24, 2.45) is 0 Å². The van der Waals surface area contributed by atoms with Gasteiger partial charge in [-0.2, -0.15) is 0 Å². The number of ether oxygens (including phenoxy) is 1. The van der Waals surface area contributed by atoms with Crippen LogP contribution in [-0.2, 0) is 4.74 Å². The molecule has 2 aliphatic rings. The first-order chi connectivity index (χ1) is 12.8. The zero-order valence-electron chi connectivity index (χ0n) is 16.0. The Morgan fingerprint density at radius 1 is 1.15 bits per heavy atom. The fraction of sp³-hybridized carbons (Fsp3) is 0.500. The number of hydrogen-bond donors (Lipinski definition) is 0. The van der Waals surface area contributed by atoms with E-state index < -0.39 is 5.60 Å². The zero-order valence-corrected chi connectivity index (χ0v) is 17.6. The van der Waals surface area contributed by atoms with E-state index in [4.69, 9.17) is 4.74 Å². The van der Waals surface area contributed by atoms with Crippen LogP contribution in [0, 0.1) is 0 Å². The average Bonchev–Trinajstić information content (AvgIpc) is 3.21. The normalized spacial score (nSPS) is 22.2. The lowest BCUT2D eigenvalue weighted by molar-refractivity contribution is 0.0277. The van der Waals surface area contributed by atoms with Crippen molar-refractivity contribution >= 4 is 27.7 Å². The van der Waals surface area contributed by atoms with E-state index in [2.05, 4.69) is 50.1 Å². The molecule has 2 aliphatic heterocycles. The molecule has 0 bridgehead atoms. The second-order valence-electron chi connectivity index (χ2n) is 8.40. The summed E-state index contributed by atoms with van der Waals surface area (Å²) in [7, 11) is 0. The second kappa shape index (κ2) is 6.55. The summed E-state index contributed by atoms with van der Waals surface area (Å²) >= 11 is 3.38. The van der Waals surface area contributed by atoms with Crippen molar-refractivity contribution in [2.75, 3.05) is 24.5 Å². The number of amides is 1. The molecule has 6 nitrogen and oxygen atoms in total. The lowest BCUT2D eigenvalue weighted by Crippen LogP contribution is -2.62. The van der Waals surface area contributed by atoms with E-state index in [1.807, 2.05) is 36.4 Å². The van der Waals surface area contributed by atoms with Gasteiger partial charge in [-0.3, -0.25) is 0 Å². The molecule has 3 heterocycles. The highest BCUT2D eigenvalue weighted by Gasteiger charge is 2.50. The molecule has 4 rings (SSSR count). The second-order valence-corrected chi connectivity index (χ2v) is 9.21. The Hall–Kier alpha value is -2.02. The van der Waals surface area contributed by atoms with Gasteiger partial charge >= 0.3 is 6.09 Å². The van der Waals surface area contributed by atoms with Crippen molar-refractivity contribution in [2.45, 2.75) is 44.8 Å². The number of carbonyl (C=O) groups is 1. The molecule has 2 fully saturated rings. The predicted molar refractivity (Wildman–Crippen MR) is 108 cm³/mol. The minimum Gasteiger partial charge on any atom is -0.444 e. The van der Waals surface area contributed by atoms with Crippen LogP contribution >= 0.6 is 15.9 Å². The molecule has 1 unspecified atom stereocenters. The molecule has 1 aromatic carbocycles. The number of carbonyl (C=O) groups excluding carboxylic acids is 1. The van der Waals surface area contributed by atoms with Gasteiger partial charge in [-0.05, 0) is 73.8 Å². The lowest BCUT2D eigenvalue weighted by atomic mass is 9.83. The van der Waals surface area contributed by atoms with Gasteiger partial charge in [0, 0.05) is 37.2 Å². The molecule has 0 radical (unpaired) electrons. The van der Waals surface area contributed by atoms with Gasteiger partial charge in [0.25, 0.3) is 0 Å². The summed E-state index contributed by atoms with van der Waals surface area (Å²) in [6, 6.07) is 8.52. The Labute approximate surface area is 168 Å². The molecule has 0 saturated carbocycles. The Morgan fingerprint density at radius 2 is 1.81 bits per heavy atom. The summed E-state index contributed by atoms with van der Waals surface area (Å²) in [6.45, 7) is 8.25. The predicted octanol–water partition coefficient (Wildman–Crippen LogP) is 4.22. The first-order valence-corrected chi connectivity index (χ1v) is 10.1. The van der Waals surface area contributed by atoms with Crippen LogP contribution in [0.1, 0.15) is 33.6 Å². The molecular formula is C20H25BrN4O2. The summed E-state index contributed by atoms with van der Waals surface area (Å²) in [5.41, 5.74) is 1.88. The molecule has 0 aliphatic carbocycles. The van der Waals surface area contributed by atoms with Crippen LogP contribution in [0.3, 0.4) is 0 Å². The number of halogens is 1. The van der Waals surface area contributed by atoms with Crippen LogP contribution in [-0.4, -0.2) is 51.3 Å². The Balaban J connectivity index is 1.45. The molecule has 2 aromatic rings. The summed E-state index contributed by atoms with van der Waals surface area (Å²) in [4.78, 5) is 20.9. The molecule has 0 N–H and O–H groups in total. The molecule has 144 valence electrons. The third kappa shape index (κ3) is 3.57. The van der Waals surface area contributed by atoms with E-state index in [0.717, 1.165) is 42.8 Å². The summed E-state index contributed by atoms with van der Waals surface area (Å²) in [5.74, 6) is 0. The lowest BCUT2D eigenvalue weighted by Gasteiger charge is -2.52. The van der Waals surface area contributed by atoms with Gasteiger partial charge < -0.3 is 19.1 Å². The molecule has 1 amide bonds. The maximum atomic E-state index is 12.4. The van der Waals surface area contributed by atoms with Crippen molar-refractivity contribution in [3.8, 4) is 5.69 Å². The van der Waals surface area contributed by atoms with Gasteiger partial charge in [-0.15, -0.1) is 0 Å². The number of nitrogens with zero attached hydrogens (tertiary/aromatic N) is 4. The maximum Gasteiger partial charge on any atom is 0.410 e. The first-order valence-electron chi connectivity index (χ1n) is 9.31. The number of hydrogen-bond acceptors (Lipinski definition) is 4. The minimum atomic E-state index is -0.454. The third-order valence-electron chi connectivity index (χ3n) is 5.37. The van der Waals surface area contributed by atoms with Gasteiger partial charge in [0.15, 0.2) is 0 Å². The van der Waals surface area contributed by atoms with E-state index in [-0.39, 0.29) is 11.6 Å². The average molecular weight is 433 g/mol. The Bertz CT molecular complexity index is 842. The van der Waals surface area contributed by atoms with E-state index in [0.29, 0.717) is 0 Å². The summed E-state index contributed by atoms with van der Waals surface area (Å²) in [6.07, 6.45) is 5.63. The maximum absolute atomic E-state index is 12.4. The van der Waals surface area contributed by atoms with Crippen molar-refractivity contribution in [3.05, 3.63) is 41.4 Å². The highest BCUT2D eigenvalue weighted by atomic mass is 79.9. The fourth-order valence-electron chi connectivity index (χ4n) is 3.95. The van der Waals surface area contributed by atoms with Crippen LogP contribution in [0.25, 0.3) is 5.69 Å². The highest BCUT2D eigenvalue weighted by Crippen LogP contribution is 2.42. The minimum absolute atomic E-state index is 0.0520. The van der Waals surface area contributed by atoms with Crippen molar-refractivity contribution in [3.63, 3.8) is 0 Å². The van der Waals surface area contributed by atoms with E-state index in [1.54, 1.807) is 6.33 Å². The molecule has 27 heavy (non-hydrogen) atoms.